The predicted octanol–water partition coefficient (Wildman–Crippen LogP) is 2.55. The van der Waals surface area contributed by atoms with Crippen LogP contribution in [0, 0.1) is 6.92 Å². The zero-order valence-corrected chi connectivity index (χ0v) is 19.0. The monoisotopic (exact) mass is 495 g/mol. The normalized spacial score (nSPS) is 17.9. The molecule has 2 rings (SSSR count). The average molecular weight is 495 g/mol. The third-order valence-corrected chi connectivity index (χ3v) is 4.30. The van der Waals surface area contributed by atoms with E-state index in [0.29, 0.717) is 17.8 Å². The zero-order valence-electron chi connectivity index (χ0n) is 16.6. The summed E-state index contributed by atoms with van der Waals surface area (Å²) in [7, 11) is 0. The van der Waals surface area contributed by atoms with Crippen LogP contribution in [0.25, 0.3) is 0 Å². The molecule has 1 aliphatic heterocycles. The van der Waals surface area contributed by atoms with Crippen molar-refractivity contribution in [2.45, 2.75) is 51.7 Å². The Morgan fingerprint density at radius 2 is 2.07 bits per heavy atom. The molecule has 0 amide bonds. The minimum atomic E-state index is -1.14. The highest BCUT2D eigenvalue weighted by molar-refractivity contribution is 14.0. The molecule has 2 heterocycles. The van der Waals surface area contributed by atoms with E-state index in [4.69, 9.17) is 13.9 Å². The summed E-state index contributed by atoms with van der Waals surface area (Å²) in [6.07, 6.45) is 3.20. The van der Waals surface area contributed by atoms with E-state index in [1.165, 1.54) is 0 Å². The standard InChI is InChI=1S/C19H33N3O4.HI/c1-4-20-18(21-10-5-11-25-16-8-12-24-13-9-16)22-14-19(3,23)17-7-6-15(2)26-17;/h6-7,16,23H,4-5,8-14H2,1-3H3,(H2,20,21,22);1H. The van der Waals surface area contributed by atoms with Gasteiger partial charge in [-0.25, -0.2) is 4.99 Å². The largest absolute Gasteiger partial charge is 0.463 e. The van der Waals surface area contributed by atoms with Crippen molar-refractivity contribution < 1.29 is 19.0 Å². The van der Waals surface area contributed by atoms with Crippen LogP contribution >= 0.6 is 24.0 Å². The summed E-state index contributed by atoms with van der Waals surface area (Å²) in [6, 6.07) is 3.63. The maximum Gasteiger partial charge on any atom is 0.191 e. The van der Waals surface area contributed by atoms with Crippen LogP contribution < -0.4 is 10.6 Å². The lowest BCUT2D eigenvalue weighted by atomic mass is 10.0. The number of hydrogen-bond donors (Lipinski definition) is 3. The lowest BCUT2D eigenvalue weighted by Gasteiger charge is -2.22. The Labute approximate surface area is 179 Å². The number of nitrogens with one attached hydrogen (secondary N) is 2. The molecule has 1 unspecified atom stereocenters. The van der Waals surface area contributed by atoms with Crippen molar-refractivity contribution in [3.05, 3.63) is 23.7 Å². The van der Waals surface area contributed by atoms with E-state index in [1.54, 1.807) is 13.0 Å². The summed E-state index contributed by atoms with van der Waals surface area (Å²) in [6.45, 7) is 9.64. The molecule has 0 saturated carbocycles. The highest BCUT2D eigenvalue weighted by Gasteiger charge is 2.26. The minimum Gasteiger partial charge on any atom is -0.463 e. The third-order valence-electron chi connectivity index (χ3n) is 4.30. The van der Waals surface area contributed by atoms with E-state index < -0.39 is 5.60 Å². The fraction of sp³-hybridized carbons (Fsp3) is 0.737. The van der Waals surface area contributed by atoms with Gasteiger partial charge in [-0.2, -0.15) is 0 Å². The SMILES string of the molecule is CCNC(=NCC(C)(O)c1ccc(C)o1)NCCCOC1CCOCC1.I. The second-order valence-electron chi connectivity index (χ2n) is 6.84. The summed E-state index contributed by atoms with van der Waals surface area (Å²) in [4.78, 5) is 4.49. The number of ether oxygens (including phenoxy) is 2. The van der Waals surface area contributed by atoms with E-state index in [0.717, 1.165) is 57.9 Å². The molecular formula is C19H34IN3O4. The summed E-state index contributed by atoms with van der Waals surface area (Å²) in [5, 5.41) is 17.1. The molecule has 1 aromatic heterocycles. The third kappa shape index (κ3) is 8.80. The van der Waals surface area contributed by atoms with Crippen LogP contribution in [0.1, 0.15) is 44.6 Å². The first-order valence-electron chi connectivity index (χ1n) is 9.52. The first kappa shape index (κ1) is 24.2. The van der Waals surface area contributed by atoms with Gasteiger partial charge in [0.15, 0.2) is 5.96 Å². The van der Waals surface area contributed by atoms with Crippen molar-refractivity contribution in [2.75, 3.05) is 39.5 Å². The number of aliphatic hydroxyl groups is 1. The Bertz CT molecular complexity index is 557. The molecule has 0 spiro atoms. The lowest BCUT2D eigenvalue weighted by Crippen LogP contribution is -2.39. The zero-order chi connectivity index (χ0) is 18.8. The molecule has 0 aromatic carbocycles. The van der Waals surface area contributed by atoms with E-state index >= 15 is 0 Å². The van der Waals surface area contributed by atoms with Gasteiger partial charge in [-0.1, -0.05) is 0 Å². The molecule has 1 aliphatic rings. The van der Waals surface area contributed by atoms with Gasteiger partial charge < -0.3 is 29.6 Å². The van der Waals surface area contributed by atoms with Gasteiger partial charge in [0, 0.05) is 32.9 Å². The molecule has 156 valence electrons. The Kier molecular flexibility index (Phi) is 11.3. The minimum absolute atomic E-state index is 0. The Hall–Kier alpha value is -0.840. The molecule has 1 atom stereocenters. The maximum atomic E-state index is 10.6. The highest BCUT2D eigenvalue weighted by Crippen LogP contribution is 2.23. The number of aryl methyl sites for hydroxylation is 1. The Balaban J connectivity index is 0.00000364. The van der Waals surface area contributed by atoms with Gasteiger partial charge in [-0.05, 0) is 52.2 Å². The van der Waals surface area contributed by atoms with Crippen molar-refractivity contribution in [2.24, 2.45) is 4.99 Å². The Morgan fingerprint density at radius 3 is 2.70 bits per heavy atom. The van der Waals surface area contributed by atoms with Crippen LogP contribution in [0.15, 0.2) is 21.5 Å². The molecular weight excluding hydrogens is 461 g/mol. The second-order valence-corrected chi connectivity index (χ2v) is 6.84. The maximum absolute atomic E-state index is 10.6. The quantitative estimate of drug-likeness (QED) is 0.211. The number of guanidine groups is 1. The van der Waals surface area contributed by atoms with E-state index in [1.807, 2.05) is 19.9 Å². The van der Waals surface area contributed by atoms with Crippen LogP contribution in [-0.2, 0) is 15.1 Å². The molecule has 1 saturated heterocycles. The first-order chi connectivity index (χ1) is 12.5. The van der Waals surface area contributed by atoms with E-state index in [9.17, 15) is 5.11 Å². The van der Waals surface area contributed by atoms with Gasteiger partial charge in [-0.15, -0.1) is 24.0 Å². The molecule has 0 aliphatic carbocycles. The second kappa shape index (κ2) is 12.6. The molecule has 0 bridgehead atoms. The fourth-order valence-electron chi connectivity index (χ4n) is 2.75. The number of nitrogens with zero attached hydrogens (tertiary/aromatic N) is 1. The number of rotatable bonds is 9. The van der Waals surface area contributed by atoms with Crippen LogP contribution in [0.3, 0.4) is 0 Å². The van der Waals surface area contributed by atoms with E-state index in [-0.39, 0.29) is 30.5 Å². The van der Waals surface area contributed by atoms with Gasteiger partial charge >= 0.3 is 0 Å². The van der Waals surface area contributed by atoms with Crippen molar-refractivity contribution in [1.82, 2.24) is 10.6 Å². The number of furan rings is 1. The number of aliphatic imine (C=N–C) groups is 1. The van der Waals surface area contributed by atoms with Crippen molar-refractivity contribution in [1.29, 1.82) is 0 Å². The molecule has 1 aromatic rings. The van der Waals surface area contributed by atoms with Gasteiger partial charge in [0.25, 0.3) is 0 Å². The smallest absolute Gasteiger partial charge is 0.191 e. The number of hydrogen-bond acceptors (Lipinski definition) is 5. The van der Waals surface area contributed by atoms with Gasteiger partial charge in [-0.3, -0.25) is 0 Å². The average Bonchev–Trinajstić information content (AvgIpc) is 3.07. The Morgan fingerprint density at radius 1 is 1.33 bits per heavy atom. The summed E-state index contributed by atoms with van der Waals surface area (Å²) in [5.41, 5.74) is -1.14. The van der Waals surface area contributed by atoms with Crippen molar-refractivity contribution in [3.8, 4) is 0 Å². The number of halogens is 1. The highest BCUT2D eigenvalue weighted by atomic mass is 127. The topological polar surface area (TPSA) is 88.3 Å². The summed E-state index contributed by atoms with van der Waals surface area (Å²) >= 11 is 0. The van der Waals surface area contributed by atoms with Crippen LogP contribution in [0.4, 0.5) is 0 Å². The molecule has 1 fully saturated rings. The predicted molar refractivity (Wildman–Crippen MR) is 117 cm³/mol. The van der Waals surface area contributed by atoms with Gasteiger partial charge in [0.2, 0.25) is 0 Å². The molecule has 0 radical (unpaired) electrons. The van der Waals surface area contributed by atoms with Crippen LogP contribution in [0.5, 0.6) is 0 Å². The molecule has 8 heteroatoms. The summed E-state index contributed by atoms with van der Waals surface area (Å²) < 4.78 is 16.7. The van der Waals surface area contributed by atoms with Gasteiger partial charge in [0.1, 0.15) is 17.1 Å². The van der Waals surface area contributed by atoms with E-state index in [2.05, 4.69) is 15.6 Å². The fourth-order valence-corrected chi connectivity index (χ4v) is 2.75. The van der Waals surface area contributed by atoms with Crippen LogP contribution in [0.2, 0.25) is 0 Å². The first-order valence-corrected chi connectivity index (χ1v) is 9.52. The van der Waals surface area contributed by atoms with Crippen LogP contribution in [-0.4, -0.2) is 56.6 Å². The van der Waals surface area contributed by atoms with Gasteiger partial charge in [0.05, 0.1) is 12.6 Å². The summed E-state index contributed by atoms with van der Waals surface area (Å²) in [5.74, 6) is 1.99. The molecule has 27 heavy (non-hydrogen) atoms. The van der Waals surface area contributed by atoms with Crippen molar-refractivity contribution >= 4 is 29.9 Å². The lowest BCUT2D eigenvalue weighted by molar-refractivity contribution is -0.0320. The van der Waals surface area contributed by atoms with Crippen molar-refractivity contribution in [3.63, 3.8) is 0 Å². The molecule has 7 nitrogen and oxygen atoms in total. The molecule has 3 N–H and O–H groups in total.